The van der Waals surface area contributed by atoms with E-state index in [0.717, 1.165) is 18.2 Å². The molecule has 0 amide bonds. The second kappa shape index (κ2) is 8.64. The Morgan fingerprint density at radius 1 is 0.742 bits per heavy atom. The summed E-state index contributed by atoms with van der Waals surface area (Å²) in [7, 11) is -4.34. The van der Waals surface area contributed by atoms with Gasteiger partial charge in [0.25, 0.3) is 15.8 Å². The van der Waals surface area contributed by atoms with E-state index < -0.39 is 20.8 Å². The van der Waals surface area contributed by atoms with Gasteiger partial charge in [0.05, 0.1) is 21.2 Å². The van der Waals surface area contributed by atoms with Gasteiger partial charge in [0.1, 0.15) is 22.9 Å². The third kappa shape index (κ3) is 5.43. The third-order valence-corrected chi connectivity index (χ3v) is 4.68. The highest BCUT2D eigenvalue weighted by atomic mass is 32.2. The third-order valence-electron chi connectivity index (χ3n) is 3.81. The van der Waals surface area contributed by atoms with Crippen LogP contribution in [0.15, 0.2) is 86.0 Å². The summed E-state index contributed by atoms with van der Waals surface area (Å²) in [5, 5.41) is 46.0. The molecule has 3 N–H and O–H groups in total. The molecule has 3 aromatic carbocycles. The largest absolute Gasteiger partial charge is 0.505 e. The Kier molecular flexibility index (Phi) is 5.99. The van der Waals surface area contributed by atoms with E-state index in [-0.39, 0.29) is 33.4 Å². The van der Waals surface area contributed by atoms with Crippen molar-refractivity contribution in [3.63, 3.8) is 0 Å². The lowest BCUT2D eigenvalue weighted by molar-refractivity contribution is -0.384. The Balaban J connectivity index is 1.83. The molecule has 0 aromatic heterocycles. The first-order valence-electron chi connectivity index (χ1n) is 8.35. The molecule has 3 aromatic rings. The summed E-state index contributed by atoms with van der Waals surface area (Å²) in [6.45, 7) is 0. The Morgan fingerprint density at radius 3 is 1.61 bits per heavy atom. The molecule has 0 aliphatic rings. The molecule has 0 unspecified atom stereocenters. The molecule has 0 radical (unpaired) electrons. The SMILES string of the molecule is O=[N+]([O-])c1ccc(N=Nc2cc(N=Nc3ccc(S(=O)(=O)O)cc3)c(O)cc2O)cc1. The monoisotopic (exact) mass is 443 g/mol. The minimum absolute atomic E-state index is 0.0492. The average molecular weight is 443 g/mol. The van der Waals surface area contributed by atoms with Crippen LogP contribution in [-0.4, -0.2) is 28.1 Å². The maximum Gasteiger partial charge on any atom is 0.294 e. The number of rotatable bonds is 6. The van der Waals surface area contributed by atoms with Crippen molar-refractivity contribution >= 4 is 38.6 Å². The minimum Gasteiger partial charge on any atom is -0.505 e. The zero-order valence-corrected chi connectivity index (χ0v) is 16.2. The highest BCUT2D eigenvalue weighted by Crippen LogP contribution is 2.39. The van der Waals surface area contributed by atoms with E-state index in [2.05, 4.69) is 20.5 Å². The summed E-state index contributed by atoms with van der Waals surface area (Å²) < 4.78 is 31.1. The predicted molar refractivity (Wildman–Crippen MR) is 107 cm³/mol. The van der Waals surface area contributed by atoms with Crippen molar-refractivity contribution < 1.29 is 28.1 Å². The van der Waals surface area contributed by atoms with Crippen LogP contribution in [0.3, 0.4) is 0 Å². The van der Waals surface area contributed by atoms with E-state index in [1.54, 1.807) is 0 Å². The fraction of sp³-hybridized carbons (Fsp3) is 0. The van der Waals surface area contributed by atoms with Gasteiger partial charge in [0.15, 0.2) is 0 Å². The zero-order valence-electron chi connectivity index (χ0n) is 15.4. The van der Waals surface area contributed by atoms with Crippen LogP contribution in [0.5, 0.6) is 11.5 Å². The molecule has 0 spiro atoms. The van der Waals surface area contributed by atoms with E-state index in [1.165, 1.54) is 42.5 Å². The molecule has 0 atom stereocenters. The number of non-ortho nitro benzene ring substituents is 1. The summed E-state index contributed by atoms with van der Waals surface area (Å²) in [6, 6.07) is 12.3. The molecule has 0 saturated heterocycles. The Hall–Kier alpha value is -4.23. The van der Waals surface area contributed by atoms with Crippen LogP contribution in [-0.2, 0) is 10.1 Å². The van der Waals surface area contributed by atoms with Crippen molar-refractivity contribution in [3.8, 4) is 11.5 Å². The van der Waals surface area contributed by atoms with E-state index in [4.69, 9.17) is 4.55 Å². The molecule has 3 rings (SSSR count). The summed E-state index contributed by atoms with van der Waals surface area (Å²) >= 11 is 0. The topological polar surface area (TPSA) is 187 Å². The van der Waals surface area contributed by atoms with E-state index in [9.17, 15) is 28.7 Å². The molecule has 0 fully saturated rings. The summed E-state index contributed by atoms with van der Waals surface area (Å²) in [5.74, 6) is -0.787. The molecular formula is C18H13N5O7S. The molecule has 0 aliphatic carbocycles. The molecule has 0 bridgehead atoms. The van der Waals surface area contributed by atoms with E-state index in [0.29, 0.717) is 5.69 Å². The fourth-order valence-electron chi connectivity index (χ4n) is 2.26. The molecule has 0 aliphatic heterocycles. The number of azo groups is 2. The van der Waals surface area contributed by atoms with Crippen molar-refractivity contribution in [2.24, 2.45) is 20.5 Å². The van der Waals surface area contributed by atoms with E-state index >= 15 is 0 Å². The normalized spacial score (nSPS) is 11.9. The number of phenolic OH excluding ortho intramolecular Hbond substituents is 2. The number of phenols is 2. The minimum atomic E-state index is -4.34. The van der Waals surface area contributed by atoms with Crippen molar-refractivity contribution in [1.82, 2.24) is 0 Å². The number of nitrogens with zero attached hydrogens (tertiary/aromatic N) is 5. The van der Waals surface area contributed by atoms with Gasteiger partial charge in [-0.25, -0.2) is 0 Å². The standard InChI is InChI=1S/C18H13N5O7S/c24-17-10-18(25)16(22-20-12-3-7-14(8-4-12)31(28,29)30)9-15(17)21-19-11-1-5-13(6-2-11)23(26)27/h1-10,24-25H,(H,28,29,30). The highest BCUT2D eigenvalue weighted by Gasteiger charge is 2.10. The molecule has 0 saturated carbocycles. The van der Waals surface area contributed by atoms with Gasteiger partial charge in [-0.15, -0.1) is 10.2 Å². The van der Waals surface area contributed by atoms with E-state index in [1.807, 2.05) is 0 Å². The van der Waals surface area contributed by atoms with Crippen molar-refractivity contribution in [1.29, 1.82) is 0 Å². The Morgan fingerprint density at radius 2 is 1.19 bits per heavy atom. The van der Waals surface area contributed by atoms with Gasteiger partial charge in [-0.1, -0.05) is 0 Å². The molecule has 158 valence electrons. The van der Waals surface area contributed by atoms with Crippen LogP contribution < -0.4 is 0 Å². The summed E-state index contributed by atoms with van der Waals surface area (Å²) in [6.07, 6.45) is 0. The van der Waals surface area contributed by atoms with Crippen LogP contribution in [0.25, 0.3) is 0 Å². The van der Waals surface area contributed by atoms with Crippen LogP contribution in [0.4, 0.5) is 28.4 Å². The molecule has 0 heterocycles. The van der Waals surface area contributed by atoms with Gasteiger partial charge in [-0.05, 0) is 36.4 Å². The number of nitro benzene ring substituents is 1. The first-order valence-corrected chi connectivity index (χ1v) is 9.79. The average Bonchev–Trinajstić information content (AvgIpc) is 2.72. The zero-order chi connectivity index (χ0) is 22.6. The van der Waals surface area contributed by atoms with Gasteiger partial charge in [0, 0.05) is 24.3 Å². The lowest BCUT2D eigenvalue weighted by atomic mass is 10.2. The molecular weight excluding hydrogens is 430 g/mol. The van der Waals surface area contributed by atoms with Gasteiger partial charge in [-0.3, -0.25) is 14.7 Å². The maximum absolute atomic E-state index is 11.0. The fourth-order valence-corrected chi connectivity index (χ4v) is 2.74. The summed E-state index contributed by atoms with van der Waals surface area (Å²) in [4.78, 5) is 9.80. The van der Waals surface area contributed by atoms with Gasteiger partial charge in [-0.2, -0.15) is 18.6 Å². The van der Waals surface area contributed by atoms with Crippen molar-refractivity contribution in [2.75, 3.05) is 0 Å². The van der Waals surface area contributed by atoms with Gasteiger partial charge < -0.3 is 10.2 Å². The van der Waals surface area contributed by atoms with Crippen LogP contribution >= 0.6 is 0 Å². The molecule has 13 heteroatoms. The van der Waals surface area contributed by atoms with Crippen LogP contribution in [0.1, 0.15) is 0 Å². The number of aromatic hydroxyl groups is 2. The second-order valence-electron chi connectivity index (χ2n) is 5.97. The van der Waals surface area contributed by atoms with Crippen LogP contribution in [0, 0.1) is 10.1 Å². The number of hydrogen-bond acceptors (Lipinski definition) is 10. The first kappa shape index (κ1) is 21.5. The molecule has 12 nitrogen and oxygen atoms in total. The summed E-state index contributed by atoms with van der Waals surface area (Å²) in [5.41, 5.74) is 0.300. The molecule has 31 heavy (non-hydrogen) atoms. The quantitative estimate of drug-likeness (QED) is 0.205. The number of nitro groups is 1. The van der Waals surface area contributed by atoms with Crippen LogP contribution in [0.2, 0.25) is 0 Å². The number of benzene rings is 3. The number of hydrogen-bond donors (Lipinski definition) is 3. The lowest BCUT2D eigenvalue weighted by Gasteiger charge is -2.03. The highest BCUT2D eigenvalue weighted by molar-refractivity contribution is 7.85. The van der Waals surface area contributed by atoms with Crippen molar-refractivity contribution in [3.05, 3.63) is 70.8 Å². The van der Waals surface area contributed by atoms with Gasteiger partial charge >= 0.3 is 0 Å². The van der Waals surface area contributed by atoms with Crippen molar-refractivity contribution in [2.45, 2.75) is 4.90 Å². The maximum atomic E-state index is 11.0. The van der Waals surface area contributed by atoms with Gasteiger partial charge in [0.2, 0.25) is 0 Å². The lowest BCUT2D eigenvalue weighted by Crippen LogP contribution is -1.96. The Bertz CT molecular complexity index is 1290. The smallest absolute Gasteiger partial charge is 0.294 e. The first-order chi connectivity index (χ1) is 14.6. The Labute approximate surface area is 174 Å². The predicted octanol–water partition coefficient (Wildman–Crippen LogP) is 5.08. The second-order valence-corrected chi connectivity index (χ2v) is 7.39.